The topological polar surface area (TPSA) is 85.1 Å². The summed E-state index contributed by atoms with van der Waals surface area (Å²) in [7, 11) is -3.35. The minimum Gasteiger partial charge on any atom is -0.339 e. The fourth-order valence-corrected chi connectivity index (χ4v) is 3.63. The van der Waals surface area contributed by atoms with Gasteiger partial charge < -0.3 is 4.52 Å². The van der Waals surface area contributed by atoms with Crippen LogP contribution in [0.3, 0.4) is 0 Å². The average molecular weight is 315 g/mol. The molecule has 2 aromatic rings. The molecule has 6 nitrogen and oxygen atoms in total. The van der Waals surface area contributed by atoms with E-state index in [0.717, 1.165) is 11.1 Å². The first kappa shape index (κ1) is 15.1. The normalized spacial score (nSPS) is 14.4. The smallest absolute Gasteiger partial charge is 0.234 e. The molecular formula is C12H17N3O3S2. The van der Waals surface area contributed by atoms with Crippen molar-refractivity contribution >= 4 is 21.4 Å². The van der Waals surface area contributed by atoms with E-state index in [2.05, 4.69) is 14.9 Å². The van der Waals surface area contributed by atoms with Gasteiger partial charge >= 0.3 is 0 Å². The van der Waals surface area contributed by atoms with E-state index in [1.807, 2.05) is 24.4 Å². The van der Waals surface area contributed by atoms with Crippen LogP contribution in [0.2, 0.25) is 0 Å². The molecule has 1 N–H and O–H groups in total. The Hall–Kier alpha value is -1.25. The van der Waals surface area contributed by atoms with Crippen molar-refractivity contribution in [3.8, 4) is 0 Å². The molecule has 0 aliphatic carbocycles. The summed E-state index contributed by atoms with van der Waals surface area (Å²) >= 11 is 1.61. The summed E-state index contributed by atoms with van der Waals surface area (Å²) in [5, 5.41) is 5.88. The molecule has 0 aliphatic heterocycles. The van der Waals surface area contributed by atoms with Crippen LogP contribution >= 0.6 is 11.3 Å². The van der Waals surface area contributed by atoms with E-state index in [9.17, 15) is 8.42 Å². The minimum absolute atomic E-state index is 0.00900. The summed E-state index contributed by atoms with van der Waals surface area (Å²) in [6.07, 6.45) is 1.10. The quantitative estimate of drug-likeness (QED) is 0.913. The highest BCUT2D eigenvalue weighted by molar-refractivity contribution is 7.88. The van der Waals surface area contributed by atoms with Crippen LogP contribution in [0.1, 0.15) is 43.3 Å². The van der Waals surface area contributed by atoms with Gasteiger partial charge in [0.2, 0.25) is 15.9 Å². The zero-order chi connectivity index (χ0) is 15.0. The molecule has 110 valence electrons. The molecule has 0 saturated heterocycles. The number of nitrogens with zero attached hydrogens (tertiary/aromatic N) is 2. The standard InChI is InChI=1S/C12H17N3O3S2/c1-8(9-6-5-7-19-9)10-13-11(14-18-10)12(2,3)15-20(4,16)17/h5-8,15H,1-4H3. The summed E-state index contributed by atoms with van der Waals surface area (Å²) in [4.78, 5) is 5.44. The Morgan fingerprint density at radius 3 is 2.70 bits per heavy atom. The number of hydrogen-bond donors (Lipinski definition) is 1. The van der Waals surface area contributed by atoms with Crippen molar-refractivity contribution in [1.29, 1.82) is 0 Å². The lowest BCUT2D eigenvalue weighted by Gasteiger charge is -2.20. The molecule has 0 radical (unpaired) electrons. The molecule has 20 heavy (non-hydrogen) atoms. The maximum atomic E-state index is 11.4. The Balaban J connectivity index is 2.25. The predicted molar refractivity (Wildman–Crippen MR) is 77.1 cm³/mol. The molecule has 0 fully saturated rings. The SMILES string of the molecule is CC(c1nc(C(C)(C)NS(C)(=O)=O)no1)c1cccs1. The molecule has 2 rings (SSSR count). The predicted octanol–water partition coefficient (Wildman–Crippen LogP) is 2.07. The molecule has 0 spiro atoms. The van der Waals surface area contributed by atoms with E-state index in [1.54, 1.807) is 25.2 Å². The summed E-state index contributed by atoms with van der Waals surface area (Å²) in [5.74, 6) is 0.789. The first-order chi connectivity index (χ1) is 9.19. The molecule has 0 aromatic carbocycles. The van der Waals surface area contributed by atoms with Crippen molar-refractivity contribution in [3.05, 3.63) is 34.1 Å². The zero-order valence-corrected chi connectivity index (χ0v) is 13.4. The lowest BCUT2D eigenvalue weighted by Crippen LogP contribution is -2.41. The van der Waals surface area contributed by atoms with Crippen LogP contribution < -0.4 is 4.72 Å². The largest absolute Gasteiger partial charge is 0.339 e. The van der Waals surface area contributed by atoms with Gasteiger partial charge in [-0.25, -0.2) is 13.1 Å². The Labute approximate surface area is 122 Å². The average Bonchev–Trinajstić information content (AvgIpc) is 2.97. The molecule has 8 heteroatoms. The van der Waals surface area contributed by atoms with Crippen LogP contribution in [0.25, 0.3) is 0 Å². The maximum Gasteiger partial charge on any atom is 0.234 e. The Bertz CT molecular complexity index is 675. The summed E-state index contributed by atoms with van der Waals surface area (Å²) in [6, 6.07) is 3.96. The first-order valence-electron chi connectivity index (χ1n) is 6.05. The van der Waals surface area contributed by atoms with Crippen LogP contribution in [0.4, 0.5) is 0 Å². The highest BCUT2D eigenvalue weighted by Crippen LogP contribution is 2.28. The van der Waals surface area contributed by atoms with Crippen molar-refractivity contribution in [2.75, 3.05) is 6.26 Å². The van der Waals surface area contributed by atoms with Gasteiger partial charge in [-0.3, -0.25) is 0 Å². The minimum atomic E-state index is -3.35. The van der Waals surface area contributed by atoms with Gasteiger partial charge in [0.15, 0.2) is 5.82 Å². The molecule has 1 atom stereocenters. The van der Waals surface area contributed by atoms with Crippen molar-refractivity contribution in [3.63, 3.8) is 0 Å². The molecule has 1 unspecified atom stereocenters. The van der Waals surface area contributed by atoms with E-state index < -0.39 is 15.6 Å². The Kier molecular flexibility index (Phi) is 3.99. The lowest BCUT2D eigenvalue weighted by atomic mass is 10.1. The summed E-state index contributed by atoms with van der Waals surface area (Å²) < 4.78 is 30.5. The second kappa shape index (κ2) is 5.27. The Morgan fingerprint density at radius 1 is 1.45 bits per heavy atom. The second-order valence-electron chi connectivity index (χ2n) is 5.19. The zero-order valence-electron chi connectivity index (χ0n) is 11.7. The molecule has 0 bridgehead atoms. The highest BCUT2D eigenvalue weighted by Gasteiger charge is 2.31. The fourth-order valence-electron chi connectivity index (χ4n) is 1.83. The first-order valence-corrected chi connectivity index (χ1v) is 8.82. The summed E-state index contributed by atoms with van der Waals surface area (Å²) in [5.41, 5.74) is -0.912. The van der Waals surface area contributed by atoms with E-state index in [-0.39, 0.29) is 5.92 Å². The van der Waals surface area contributed by atoms with Gasteiger partial charge in [-0.2, -0.15) is 4.98 Å². The van der Waals surface area contributed by atoms with E-state index in [4.69, 9.17) is 4.52 Å². The van der Waals surface area contributed by atoms with Crippen LogP contribution in [0, 0.1) is 0 Å². The number of rotatable bonds is 5. The van der Waals surface area contributed by atoms with Gasteiger partial charge in [-0.05, 0) is 32.2 Å². The Morgan fingerprint density at radius 2 is 2.15 bits per heavy atom. The van der Waals surface area contributed by atoms with E-state index in [1.165, 1.54) is 0 Å². The third kappa shape index (κ3) is 3.44. The number of hydrogen-bond acceptors (Lipinski definition) is 6. The molecule has 0 amide bonds. The second-order valence-corrected chi connectivity index (χ2v) is 7.92. The summed E-state index contributed by atoms with van der Waals surface area (Å²) in [6.45, 7) is 5.36. The maximum absolute atomic E-state index is 11.4. The molecular weight excluding hydrogens is 298 g/mol. The molecule has 0 saturated carbocycles. The number of thiophene rings is 1. The van der Waals surface area contributed by atoms with Crippen LogP contribution in [-0.2, 0) is 15.6 Å². The number of sulfonamides is 1. The third-order valence-electron chi connectivity index (χ3n) is 2.78. The van der Waals surface area contributed by atoms with Crippen molar-refractivity contribution in [1.82, 2.24) is 14.9 Å². The lowest BCUT2D eigenvalue weighted by molar-refractivity contribution is 0.349. The monoisotopic (exact) mass is 315 g/mol. The van der Waals surface area contributed by atoms with Gasteiger partial charge in [0.05, 0.1) is 17.7 Å². The van der Waals surface area contributed by atoms with Gasteiger partial charge in [0.25, 0.3) is 0 Å². The molecule has 0 aliphatic rings. The number of nitrogens with one attached hydrogen (secondary N) is 1. The van der Waals surface area contributed by atoms with Crippen molar-refractivity contribution in [2.45, 2.75) is 32.2 Å². The third-order valence-corrected chi connectivity index (χ3v) is 4.72. The van der Waals surface area contributed by atoms with Crippen LogP contribution in [0.5, 0.6) is 0 Å². The van der Waals surface area contributed by atoms with Crippen LogP contribution in [0.15, 0.2) is 22.0 Å². The van der Waals surface area contributed by atoms with Crippen molar-refractivity contribution in [2.24, 2.45) is 0 Å². The van der Waals surface area contributed by atoms with Gasteiger partial charge in [0.1, 0.15) is 0 Å². The molecule has 2 heterocycles. The van der Waals surface area contributed by atoms with Gasteiger partial charge in [-0.15, -0.1) is 11.3 Å². The highest BCUT2D eigenvalue weighted by atomic mass is 32.2. The van der Waals surface area contributed by atoms with Crippen molar-refractivity contribution < 1.29 is 12.9 Å². The van der Waals surface area contributed by atoms with E-state index >= 15 is 0 Å². The fraction of sp³-hybridized carbons (Fsp3) is 0.500. The molecule has 2 aromatic heterocycles. The number of aromatic nitrogens is 2. The van der Waals surface area contributed by atoms with E-state index in [0.29, 0.717) is 11.7 Å². The van der Waals surface area contributed by atoms with Gasteiger partial charge in [0, 0.05) is 4.88 Å². The van der Waals surface area contributed by atoms with Gasteiger partial charge in [-0.1, -0.05) is 11.2 Å². The van der Waals surface area contributed by atoms with Crippen LogP contribution in [-0.4, -0.2) is 24.8 Å².